The largest absolute Gasteiger partial charge is 0.478 e. The molecule has 0 spiro atoms. The van der Waals surface area contributed by atoms with Crippen LogP contribution in [-0.2, 0) is 6.42 Å². The van der Waals surface area contributed by atoms with Crippen LogP contribution in [-0.4, -0.2) is 21.8 Å². The Morgan fingerprint density at radius 2 is 2.14 bits per heavy atom. The number of carboxylic acid groups (broad SMARTS) is 1. The van der Waals surface area contributed by atoms with Crippen LogP contribution in [0, 0.1) is 0 Å². The number of nitrogens with one attached hydrogen (secondary N) is 1. The van der Waals surface area contributed by atoms with Crippen LogP contribution in [0.2, 0.25) is 0 Å². The van der Waals surface area contributed by atoms with E-state index >= 15 is 0 Å². The minimum absolute atomic E-state index is 0.144. The van der Waals surface area contributed by atoms with E-state index in [-0.39, 0.29) is 11.3 Å². The quantitative estimate of drug-likeness (QED) is 0.720. The van der Waals surface area contributed by atoms with Gasteiger partial charge in [0.25, 0.3) is 0 Å². The van der Waals surface area contributed by atoms with Crippen LogP contribution in [0.4, 0.5) is 0 Å². The lowest BCUT2D eigenvalue weighted by atomic mass is 10.1. The molecule has 14 heavy (non-hydrogen) atoms. The second kappa shape index (κ2) is 4.09. The molecule has 0 unspecified atom stereocenters. The summed E-state index contributed by atoms with van der Waals surface area (Å²) in [5.41, 5.74) is 1.20. The van der Waals surface area contributed by atoms with Gasteiger partial charge in [-0.15, -0.1) is 0 Å². The highest BCUT2D eigenvalue weighted by Crippen LogP contribution is 2.13. The van der Waals surface area contributed by atoms with Gasteiger partial charge in [-0.2, -0.15) is 0 Å². The molecule has 0 fully saturated rings. The van der Waals surface area contributed by atoms with Crippen molar-refractivity contribution in [1.82, 2.24) is 4.98 Å². The summed E-state index contributed by atoms with van der Waals surface area (Å²) in [7, 11) is 0. The molecule has 1 aromatic rings. The number of hydrogen-bond donors (Lipinski definition) is 2. The Morgan fingerprint density at radius 3 is 2.57 bits per heavy atom. The highest BCUT2D eigenvalue weighted by Gasteiger charge is 2.15. The lowest BCUT2D eigenvalue weighted by Crippen LogP contribution is -1.99. The summed E-state index contributed by atoms with van der Waals surface area (Å²) < 4.78 is 0. The summed E-state index contributed by atoms with van der Waals surface area (Å²) in [4.78, 5) is 24.6. The molecule has 0 atom stereocenters. The number of carbonyl (C=O) groups excluding carboxylic acids is 1. The average Bonchev–Trinajstić information content (AvgIpc) is 2.49. The number of rotatable bonds is 4. The van der Waals surface area contributed by atoms with Gasteiger partial charge in [-0.05, 0) is 12.5 Å². The molecule has 4 heteroatoms. The van der Waals surface area contributed by atoms with E-state index in [1.807, 2.05) is 6.92 Å². The normalized spacial score (nSPS) is 10.1. The third-order valence-electron chi connectivity index (χ3n) is 2.01. The van der Waals surface area contributed by atoms with Crippen molar-refractivity contribution >= 4 is 11.8 Å². The molecule has 0 amide bonds. The fourth-order valence-corrected chi connectivity index (χ4v) is 1.33. The fourth-order valence-electron chi connectivity index (χ4n) is 1.33. The third kappa shape index (κ3) is 2.02. The number of H-pyrrole nitrogens is 1. The van der Waals surface area contributed by atoms with Crippen LogP contribution in [0.3, 0.4) is 0 Å². The number of ketones is 1. The molecule has 0 aromatic carbocycles. The number of aromatic nitrogens is 1. The summed E-state index contributed by atoms with van der Waals surface area (Å²) in [6, 6.07) is 1.40. The van der Waals surface area contributed by atoms with Gasteiger partial charge in [0.1, 0.15) is 0 Å². The number of aromatic amines is 1. The molecule has 2 N–H and O–H groups in total. The van der Waals surface area contributed by atoms with Gasteiger partial charge in [0.05, 0.1) is 11.3 Å². The first kappa shape index (κ1) is 10.5. The van der Waals surface area contributed by atoms with E-state index in [0.717, 1.165) is 6.42 Å². The molecule has 76 valence electrons. The van der Waals surface area contributed by atoms with Crippen LogP contribution >= 0.6 is 0 Å². The molecule has 1 aromatic heterocycles. The number of aromatic carboxylic acids is 1. The minimum atomic E-state index is -0.989. The number of aryl methyl sites for hydroxylation is 1. The SMILES string of the molecule is CCCc1[nH]c(C(C)=O)cc1C(=O)O. The Balaban J connectivity index is 3.12. The maximum atomic E-state index is 11.0. The van der Waals surface area contributed by atoms with Gasteiger partial charge in [0, 0.05) is 12.6 Å². The summed E-state index contributed by atoms with van der Waals surface area (Å²) in [5.74, 6) is -1.13. The number of Topliss-reactive ketones (excluding diaryl/α,β-unsaturated/α-hetero) is 1. The van der Waals surface area contributed by atoms with Gasteiger partial charge < -0.3 is 10.1 Å². The molecule has 0 radical (unpaired) electrons. The van der Waals surface area contributed by atoms with Crippen molar-refractivity contribution in [1.29, 1.82) is 0 Å². The molecule has 1 heterocycles. The Hall–Kier alpha value is -1.58. The summed E-state index contributed by atoms with van der Waals surface area (Å²) in [6.07, 6.45) is 1.49. The smallest absolute Gasteiger partial charge is 0.337 e. The van der Waals surface area contributed by atoms with Gasteiger partial charge in [-0.1, -0.05) is 13.3 Å². The molecule has 0 bridgehead atoms. The van der Waals surface area contributed by atoms with E-state index in [1.54, 1.807) is 0 Å². The van der Waals surface area contributed by atoms with Crippen molar-refractivity contribution in [2.45, 2.75) is 26.7 Å². The van der Waals surface area contributed by atoms with Gasteiger partial charge in [0.2, 0.25) is 0 Å². The Labute approximate surface area is 81.9 Å². The van der Waals surface area contributed by atoms with Crippen molar-refractivity contribution in [2.24, 2.45) is 0 Å². The zero-order valence-corrected chi connectivity index (χ0v) is 8.26. The maximum absolute atomic E-state index is 11.0. The molecule has 0 aliphatic heterocycles. The third-order valence-corrected chi connectivity index (χ3v) is 2.01. The zero-order chi connectivity index (χ0) is 10.7. The predicted molar refractivity (Wildman–Crippen MR) is 51.8 cm³/mol. The lowest BCUT2D eigenvalue weighted by Gasteiger charge is -1.95. The van der Waals surface area contributed by atoms with Gasteiger partial charge >= 0.3 is 5.97 Å². The molecule has 1 rings (SSSR count). The van der Waals surface area contributed by atoms with Crippen LogP contribution in [0.15, 0.2) is 6.07 Å². The molecule has 0 aliphatic carbocycles. The highest BCUT2D eigenvalue weighted by atomic mass is 16.4. The first-order valence-electron chi connectivity index (χ1n) is 4.52. The van der Waals surface area contributed by atoms with E-state index in [2.05, 4.69) is 4.98 Å². The van der Waals surface area contributed by atoms with E-state index in [4.69, 9.17) is 5.11 Å². The first-order chi connectivity index (χ1) is 6.56. The number of carbonyl (C=O) groups is 2. The Morgan fingerprint density at radius 1 is 1.50 bits per heavy atom. The zero-order valence-electron chi connectivity index (χ0n) is 8.26. The average molecular weight is 195 g/mol. The molecule has 4 nitrogen and oxygen atoms in total. The fraction of sp³-hybridized carbons (Fsp3) is 0.400. The second-order valence-corrected chi connectivity index (χ2v) is 3.19. The molecular weight excluding hydrogens is 182 g/mol. The second-order valence-electron chi connectivity index (χ2n) is 3.19. The van der Waals surface area contributed by atoms with Crippen molar-refractivity contribution in [3.63, 3.8) is 0 Å². The monoisotopic (exact) mass is 195 g/mol. The Kier molecular flexibility index (Phi) is 3.06. The van der Waals surface area contributed by atoms with E-state index < -0.39 is 5.97 Å². The van der Waals surface area contributed by atoms with E-state index in [9.17, 15) is 9.59 Å². The number of carboxylic acids is 1. The molecule has 0 saturated carbocycles. The van der Waals surface area contributed by atoms with Gasteiger partial charge in [-0.3, -0.25) is 4.79 Å². The first-order valence-corrected chi connectivity index (χ1v) is 4.52. The van der Waals surface area contributed by atoms with E-state index in [0.29, 0.717) is 17.8 Å². The summed E-state index contributed by atoms with van der Waals surface area (Å²) in [6.45, 7) is 3.37. The van der Waals surface area contributed by atoms with Crippen LogP contribution in [0.25, 0.3) is 0 Å². The topological polar surface area (TPSA) is 70.2 Å². The summed E-state index contributed by atoms with van der Waals surface area (Å²) in [5, 5.41) is 8.86. The molecule has 0 aliphatic rings. The van der Waals surface area contributed by atoms with Crippen LogP contribution in [0.5, 0.6) is 0 Å². The minimum Gasteiger partial charge on any atom is -0.478 e. The van der Waals surface area contributed by atoms with Crippen molar-refractivity contribution in [2.75, 3.05) is 0 Å². The number of hydrogen-bond acceptors (Lipinski definition) is 2. The van der Waals surface area contributed by atoms with E-state index in [1.165, 1.54) is 13.0 Å². The molecular formula is C10H13NO3. The van der Waals surface area contributed by atoms with Gasteiger partial charge in [0.15, 0.2) is 5.78 Å². The lowest BCUT2D eigenvalue weighted by molar-refractivity contribution is 0.0696. The van der Waals surface area contributed by atoms with Crippen molar-refractivity contribution in [3.05, 3.63) is 23.0 Å². The summed E-state index contributed by atoms with van der Waals surface area (Å²) >= 11 is 0. The van der Waals surface area contributed by atoms with Gasteiger partial charge in [-0.25, -0.2) is 4.79 Å². The highest BCUT2D eigenvalue weighted by molar-refractivity contribution is 5.97. The van der Waals surface area contributed by atoms with Crippen molar-refractivity contribution < 1.29 is 14.7 Å². The van der Waals surface area contributed by atoms with Crippen LogP contribution in [0.1, 0.15) is 46.8 Å². The standard InChI is InChI=1S/C10H13NO3/c1-3-4-8-7(10(13)14)5-9(11-8)6(2)12/h5,11H,3-4H2,1-2H3,(H,13,14). The predicted octanol–water partition coefficient (Wildman–Crippen LogP) is 1.87. The molecule has 0 saturated heterocycles. The maximum Gasteiger partial charge on any atom is 0.337 e. The van der Waals surface area contributed by atoms with Crippen molar-refractivity contribution in [3.8, 4) is 0 Å². The van der Waals surface area contributed by atoms with Crippen LogP contribution < -0.4 is 0 Å². The Bertz CT molecular complexity index is 365.